The molecule has 2 aliphatic heterocycles. The number of aliphatic imine (C=N–C) groups is 2. The molecule has 0 aromatic rings. The van der Waals surface area contributed by atoms with Gasteiger partial charge in [-0.25, -0.2) is 9.98 Å². The summed E-state index contributed by atoms with van der Waals surface area (Å²) in [7, 11) is 0. The summed E-state index contributed by atoms with van der Waals surface area (Å²) >= 11 is 0. The molecule has 2 spiro atoms. The van der Waals surface area contributed by atoms with Gasteiger partial charge in [-0.3, -0.25) is 0 Å². The molecule has 4 rings (SSSR count). The first kappa shape index (κ1) is 28.4. The number of halogens is 2. The van der Waals surface area contributed by atoms with Crippen LogP contribution in [0.25, 0.3) is 0 Å². The fourth-order valence-electron chi connectivity index (χ4n) is 5.78. The van der Waals surface area contributed by atoms with Crippen LogP contribution in [0, 0.1) is 11.8 Å². The topological polar surface area (TPSA) is 43.2 Å². The minimum Gasteiger partial charge on any atom is -1.00 e. The van der Waals surface area contributed by atoms with Gasteiger partial charge in [0.05, 0.1) is 18.5 Å². The molecular weight excluding hydrogens is 555 g/mol. The molecule has 2 atom stereocenters. The summed E-state index contributed by atoms with van der Waals surface area (Å²) in [4.78, 5) is 10.1. The number of rotatable bonds is 6. The monoisotopic (exact) mass is 590 g/mol. The normalized spacial score (nSPS) is 27.9. The zero-order valence-electron chi connectivity index (χ0n) is 18.9. The molecule has 2 saturated carbocycles. The van der Waals surface area contributed by atoms with Crippen LogP contribution in [0.3, 0.4) is 0 Å². The first-order valence-electron chi connectivity index (χ1n) is 11.4. The molecule has 0 radical (unpaired) electrons. The first-order valence-corrected chi connectivity index (χ1v) is 11.4. The average molecular weight is 593 g/mol. The van der Waals surface area contributed by atoms with Gasteiger partial charge in [-0.2, -0.15) is 0 Å². The van der Waals surface area contributed by atoms with E-state index in [9.17, 15) is 0 Å². The molecule has 0 amide bonds. The van der Waals surface area contributed by atoms with Crippen molar-refractivity contribution in [3.8, 4) is 0 Å². The molecule has 2 aliphatic carbocycles. The third-order valence-corrected chi connectivity index (χ3v) is 7.05. The van der Waals surface area contributed by atoms with Gasteiger partial charge in [0.15, 0.2) is 11.8 Å². The number of nitrogens with zero attached hydrogens (tertiary/aromatic N) is 2. The quantitative estimate of drug-likeness (QED) is 0.398. The molecule has 30 heavy (non-hydrogen) atoms. The van der Waals surface area contributed by atoms with Crippen LogP contribution in [0.4, 0.5) is 0 Å². The molecular formula is C23H38Br2N2NiO2. The molecule has 4 nitrogen and oxygen atoms in total. The fraction of sp³-hybridized carbons (Fsp3) is 0.913. The van der Waals surface area contributed by atoms with Crippen molar-refractivity contribution < 1.29 is 59.9 Å². The van der Waals surface area contributed by atoms with Crippen molar-refractivity contribution in [2.24, 2.45) is 21.8 Å². The van der Waals surface area contributed by atoms with Crippen molar-refractivity contribution in [1.82, 2.24) is 0 Å². The van der Waals surface area contributed by atoms with Gasteiger partial charge in [0.2, 0.25) is 0 Å². The van der Waals surface area contributed by atoms with Gasteiger partial charge in [-0.15, -0.1) is 0 Å². The molecule has 0 N–H and O–H groups in total. The molecule has 0 aromatic carbocycles. The summed E-state index contributed by atoms with van der Waals surface area (Å²) in [6.45, 7) is 9.17. The second-order valence-electron chi connectivity index (χ2n) is 10.3. The van der Waals surface area contributed by atoms with Crippen LogP contribution >= 0.6 is 0 Å². The van der Waals surface area contributed by atoms with Gasteiger partial charge < -0.3 is 43.4 Å². The van der Waals surface area contributed by atoms with Crippen LogP contribution in [-0.4, -0.2) is 35.1 Å². The third-order valence-electron chi connectivity index (χ3n) is 7.05. The van der Waals surface area contributed by atoms with E-state index in [1.807, 2.05) is 0 Å². The van der Waals surface area contributed by atoms with Crippen molar-refractivity contribution in [3.05, 3.63) is 0 Å². The van der Waals surface area contributed by atoms with Gasteiger partial charge in [-0.05, 0) is 76.0 Å². The number of hydrogen-bond donors (Lipinski definition) is 0. The van der Waals surface area contributed by atoms with Crippen LogP contribution in [0.2, 0.25) is 0 Å². The Balaban J connectivity index is 0.00000150. The van der Waals surface area contributed by atoms with Crippen molar-refractivity contribution in [2.75, 3.05) is 0 Å². The second kappa shape index (κ2) is 11.5. The van der Waals surface area contributed by atoms with E-state index >= 15 is 0 Å². The number of hydrogen-bond acceptors (Lipinski definition) is 4. The van der Waals surface area contributed by atoms with Crippen LogP contribution in [0.15, 0.2) is 9.98 Å². The molecule has 0 aromatic heterocycles. The predicted molar refractivity (Wildman–Crippen MR) is 111 cm³/mol. The molecule has 2 fully saturated rings. The van der Waals surface area contributed by atoms with E-state index in [4.69, 9.17) is 19.5 Å². The van der Waals surface area contributed by atoms with Crippen LogP contribution in [0.1, 0.15) is 98.3 Å². The molecule has 0 unspecified atom stereocenters. The van der Waals surface area contributed by atoms with Gasteiger partial charge >= 0.3 is 16.5 Å². The zero-order valence-corrected chi connectivity index (χ0v) is 23.0. The summed E-state index contributed by atoms with van der Waals surface area (Å²) in [5.41, 5.74) is -0.0533. The summed E-state index contributed by atoms with van der Waals surface area (Å²) in [6.07, 6.45) is 12.6. The molecule has 0 saturated heterocycles. The fourth-order valence-corrected chi connectivity index (χ4v) is 5.78. The van der Waals surface area contributed by atoms with E-state index in [1.54, 1.807) is 0 Å². The Morgan fingerprint density at radius 1 is 0.733 bits per heavy atom. The van der Waals surface area contributed by atoms with Gasteiger partial charge in [-0.1, -0.05) is 27.7 Å². The van der Waals surface area contributed by atoms with E-state index in [0.717, 1.165) is 50.3 Å². The van der Waals surface area contributed by atoms with Crippen LogP contribution < -0.4 is 34.0 Å². The Morgan fingerprint density at radius 3 is 1.37 bits per heavy atom. The van der Waals surface area contributed by atoms with E-state index < -0.39 is 0 Å². The summed E-state index contributed by atoms with van der Waals surface area (Å²) in [6, 6.07) is 0.646. The average Bonchev–Trinajstić information content (AvgIpc) is 3.33. The van der Waals surface area contributed by atoms with E-state index in [0.29, 0.717) is 30.3 Å². The second-order valence-corrected chi connectivity index (χ2v) is 10.3. The maximum Gasteiger partial charge on any atom is 2.00 e. The van der Waals surface area contributed by atoms with Crippen LogP contribution in [-0.2, 0) is 26.0 Å². The van der Waals surface area contributed by atoms with E-state index in [-0.39, 0.29) is 61.7 Å². The smallest absolute Gasteiger partial charge is 1.00 e. The largest absolute Gasteiger partial charge is 2.00 e. The van der Waals surface area contributed by atoms with Crippen molar-refractivity contribution in [2.45, 2.75) is 122 Å². The Bertz CT molecular complexity index is 560. The van der Waals surface area contributed by atoms with Crippen LogP contribution in [0.5, 0.6) is 0 Å². The van der Waals surface area contributed by atoms with E-state index in [2.05, 4.69) is 27.7 Å². The molecule has 4 aliphatic rings. The molecule has 176 valence electrons. The third kappa shape index (κ3) is 5.84. The minimum absolute atomic E-state index is 0. The number of ether oxygens (including phenoxy) is 2. The van der Waals surface area contributed by atoms with Gasteiger partial charge in [0.25, 0.3) is 0 Å². The predicted octanol–water partition coefficient (Wildman–Crippen LogP) is -0.306. The Morgan fingerprint density at radius 2 is 1.07 bits per heavy atom. The van der Waals surface area contributed by atoms with E-state index in [1.165, 1.54) is 25.7 Å². The maximum atomic E-state index is 6.54. The van der Waals surface area contributed by atoms with Gasteiger partial charge in [0, 0.05) is 0 Å². The zero-order chi connectivity index (χ0) is 19.1. The standard InChI is InChI=1S/C23H38N2O2.2BrH.Ni/c1-16(2)13-18-22(9-5-6-10-22)26-20(24-18)15-21-25-19(14-17(3)4)23(27-21)11-7-8-12-23;;;/h16-19H,5-15H2,1-4H3;2*1H;/q;;;+2/p-2/t18-,19-;;;/m1.../s1. The SMILES string of the molecule is CC(C)C[C@H]1N=C(CC2=N[C@H](CC(C)C)C3(CCCC3)O2)OC12CCCC2.[Br-].[Br-].[Ni+2]. The summed E-state index contributed by atoms with van der Waals surface area (Å²) in [5, 5.41) is 0. The Hall–Kier alpha value is 0.394. The summed E-state index contributed by atoms with van der Waals surface area (Å²) in [5.74, 6) is 3.08. The van der Waals surface area contributed by atoms with Gasteiger partial charge in [0.1, 0.15) is 11.2 Å². The molecule has 0 bridgehead atoms. The minimum atomic E-state index is -0.0266. The molecule has 2 heterocycles. The first-order chi connectivity index (χ1) is 12.9. The summed E-state index contributed by atoms with van der Waals surface area (Å²) < 4.78 is 13.1. The van der Waals surface area contributed by atoms with Crippen molar-refractivity contribution in [3.63, 3.8) is 0 Å². The Labute approximate surface area is 214 Å². The Kier molecular flexibility index (Phi) is 10.9. The maximum absolute atomic E-state index is 6.54. The van der Waals surface area contributed by atoms with Crippen molar-refractivity contribution in [1.29, 1.82) is 0 Å². The van der Waals surface area contributed by atoms with Crippen molar-refractivity contribution >= 4 is 11.8 Å². The molecule has 7 heteroatoms.